The molecule has 1 aromatic carbocycles. The van der Waals surface area contributed by atoms with Gasteiger partial charge in [0, 0.05) is 37.5 Å². The Morgan fingerprint density at radius 2 is 1.91 bits per heavy atom. The fourth-order valence-electron chi connectivity index (χ4n) is 7.63. The minimum Gasteiger partial charge on any atom is -0.497 e. The minimum absolute atomic E-state index is 0.0973. The van der Waals surface area contributed by atoms with E-state index in [1.54, 1.807) is 7.11 Å². The zero-order valence-corrected chi connectivity index (χ0v) is 20.8. The lowest BCUT2D eigenvalue weighted by atomic mass is 9.52. The third kappa shape index (κ3) is 3.77. The average Bonchev–Trinajstić information content (AvgIpc) is 3.52. The zero-order chi connectivity index (χ0) is 23.3. The van der Waals surface area contributed by atoms with E-state index >= 15 is 0 Å². The molecule has 3 heterocycles. The summed E-state index contributed by atoms with van der Waals surface area (Å²) in [5, 5.41) is 12.6. The summed E-state index contributed by atoms with van der Waals surface area (Å²) in [6.07, 6.45) is 9.09. The maximum Gasteiger partial charge on any atom is 0.223 e. The van der Waals surface area contributed by atoms with Gasteiger partial charge in [0.1, 0.15) is 5.75 Å². The number of piperidine rings is 1. The van der Waals surface area contributed by atoms with Crippen LogP contribution < -0.4 is 4.74 Å². The molecule has 3 atom stereocenters. The molecule has 0 spiro atoms. The van der Waals surface area contributed by atoms with Crippen LogP contribution >= 0.6 is 0 Å². The highest BCUT2D eigenvalue weighted by molar-refractivity contribution is 5.79. The summed E-state index contributed by atoms with van der Waals surface area (Å²) < 4.78 is 5.60. The summed E-state index contributed by atoms with van der Waals surface area (Å²) in [6.45, 7) is 7.04. The van der Waals surface area contributed by atoms with Crippen LogP contribution in [0.2, 0.25) is 0 Å². The Morgan fingerprint density at radius 3 is 2.68 bits per heavy atom. The van der Waals surface area contributed by atoms with E-state index in [-0.39, 0.29) is 11.9 Å². The Morgan fingerprint density at radius 1 is 1.09 bits per heavy atom. The van der Waals surface area contributed by atoms with Crippen LogP contribution in [-0.2, 0) is 16.6 Å². The van der Waals surface area contributed by atoms with Gasteiger partial charge >= 0.3 is 0 Å². The van der Waals surface area contributed by atoms with Crippen LogP contribution in [0.1, 0.15) is 62.5 Å². The molecule has 1 aromatic rings. The third-order valence-electron chi connectivity index (χ3n) is 9.75. The Bertz CT molecular complexity index is 927. The fourth-order valence-corrected chi connectivity index (χ4v) is 7.63. The molecular weight excluding hydrogens is 426 g/mol. The van der Waals surface area contributed by atoms with Crippen molar-refractivity contribution < 1.29 is 14.6 Å². The Labute approximate surface area is 204 Å². The van der Waals surface area contributed by atoms with Crippen molar-refractivity contribution in [3.8, 4) is 5.75 Å². The summed E-state index contributed by atoms with van der Waals surface area (Å²) in [5.74, 6) is 1.85. The van der Waals surface area contributed by atoms with Gasteiger partial charge in [-0.15, -0.1) is 0 Å². The van der Waals surface area contributed by atoms with E-state index in [1.807, 2.05) is 6.07 Å². The summed E-state index contributed by atoms with van der Waals surface area (Å²) in [7, 11) is 1.70. The van der Waals surface area contributed by atoms with Crippen molar-refractivity contribution in [2.45, 2.75) is 74.8 Å². The first-order valence-corrected chi connectivity index (χ1v) is 13.7. The van der Waals surface area contributed by atoms with Crippen LogP contribution in [0.15, 0.2) is 18.2 Å². The van der Waals surface area contributed by atoms with Crippen molar-refractivity contribution in [2.75, 3.05) is 52.9 Å². The number of carbonyl (C=O) groups excluding carboxylic acids is 1. The molecular formula is C28H41N3O3. The lowest BCUT2D eigenvalue weighted by Gasteiger charge is -2.61. The van der Waals surface area contributed by atoms with Gasteiger partial charge in [0.2, 0.25) is 5.91 Å². The molecule has 6 rings (SSSR count). The molecule has 0 aromatic heterocycles. The molecule has 1 saturated carbocycles. The van der Waals surface area contributed by atoms with Gasteiger partial charge in [0.05, 0.1) is 12.7 Å². The highest BCUT2D eigenvalue weighted by Gasteiger charge is 2.64. The van der Waals surface area contributed by atoms with Crippen molar-refractivity contribution in [3.05, 3.63) is 29.3 Å². The molecule has 0 radical (unpaired) electrons. The van der Waals surface area contributed by atoms with Gasteiger partial charge in [-0.05, 0) is 107 Å². The molecule has 2 aliphatic carbocycles. The van der Waals surface area contributed by atoms with E-state index in [0.29, 0.717) is 19.4 Å². The first kappa shape index (κ1) is 22.8. The maximum absolute atomic E-state index is 13.7. The number of amides is 1. The van der Waals surface area contributed by atoms with Crippen LogP contribution in [0.4, 0.5) is 0 Å². The molecule has 34 heavy (non-hydrogen) atoms. The molecule has 1 N–H and O–H groups in total. The highest BCUT2D eigenvalue weighted by atomic mass is 16.5. The summed E-state index contributed by atoms with van der Waals surface area (Å²) >= 11 is 0. The number of nitrogens with zero attached hydrogens (tertiary/aromatic N) is 3. The summed E-state index contributed by atoms with van der Waals surface area (Å²) in [6, 6.07) is 6.46. The molecule has 186 valence electrons. The van der Waals surface area contributed by atoms with E-state index in [2.05, 4.69) is 26.8 Å². The number of aliphatic hydroxyl groups is 1. The number of hydrogen-bond acceptors (Lipinski definition) is 5. The van der Waals surface area contributed by atoms with Gasteiger partial charge in [-0.3, -0.25) is 9.69 Å². The van der Waals surface area contributed by atoms with Gasteiger partial charge < -0.3 is 19.6 Å². The van der Waals surface area contributed by atoms with Crippen LogP contribution in [0, 0.1) is 5.92 Å². The topological polar surface area (TPSA) is 56.3 Å². The van der Waals surface area contributed by atoms with Crippen molar-refractivity contribution in [3.63, 3.8) is 0 Å². The number of benzene rings is 1. The Kier molecular flexibility index (Phi) is 5.90. The van der Waals surface area contributed by atoms with E-state index < -0.39 is 11.0 Å². The maximum atomic E-state index is 13.7. The highest BCUT2D eigenvalue weighted by Crippen LogP contribution is 2.57. The summed E-state index contributed by atoms with van der Waals surface area (Å²) in [5.41, 5.74) is 1.08. The number of methoxy groups -OCH3 is 1. The smallest absolute Gasteiger partial charge is 0.223 e. The first-order chi connectivity index (χ1) is 16.5. The summed E-state index contributed by atoms with van der Waals surface area (Å²) in [4.78, 5) is 20.9. The van der Waals surface area contributed by atoms with Crippen LogP contribution in [0.5, 0.6) is 5.75 Å². The number of rotatable bonds is 7. The molecule has 2 bridgehead atoms. The number of ether oxygens (including phenoxy) is 1. The van der Waals surface area contributed by atoms with Crippen LogP contribution in [0.25, 0.3) is 0 Å². The number of fused-ring (bicyclic) bond motifs is 1. The van der Waals surface area contributed by atoms with Gasteiger partial charge in [-0.1, -0.05) is 6.07 Å². The molecule has 0 unspecified atom stereocenters. The molecule has 3 saturated heterocycles. The second-order valence-electron chi connectivity index (χ2n) is 11.6. The quantitative estimate of drug-likeness (QED) is 0.668. The molecule has 4 fully saturated rings. The minimum atomic E-state index is -0.876. The van der Waals surface area contributed by atoms with Gasteiger partial charge in [0.25, 0.3) is 0 Å². The molecule has 3 aliphatic heterocycles. The molecule has 6 heteroatoms. The van der Waals surface area contributed by atoms with Crippen molar-refractivity contribution in [1.82, 2.24) is 14.7 Å². The second kappa shape index (κ2) is 8.79. The first-order valence-electron chi connectivity index (χ1n) is 13.7. The van der Waals surface area contributed by atoms with Gasteiger partial charge in [0.15, 0.2) is 0 Å². The number of carbonyl (C=O) groups is 1. The van der Waals surface area contributed by atoms with E-state index in [4.69, 9.17) is 4.74 Å². The number of hydrogen-bond donors (Lipinski definition) is 1. The van der Waals surface area contributed by atoms with E-state index in [0.717, 1.165) is 57.1 Å². The van der Waals surface area contributed by atoms with E-state index in [9.17, 15) is 9.90 Å². The van der Waals surface area contributed by atoms with Crippen LogP contribution in [0.3, 0.4) is 0 Å². The van der Waals surface area contributed by atoms with E-state index in [1.165, 1.54) is 49.9 Å². The molecule has 6 nitrogen and oxygen atoms in total. The van der Waals surface area contributed by atoms with Gasteiger partial charge in [-0.2, -0.15) is 0 Å². The molecule has 5 aliphatic rings. The largest absolute Gasteiger partial charge is 0.497 e. The fraction of sp³-hybridized carbons (Fsp3) is 0.750. The number of likely N-dealkylation sites (tertiary alicyclic amines) is 3. The van der Waals surface area contributed by atoms with Crippen molar-refractivity contribution in [1.29, 1.82) is 0 Å². The third-order valence-corrected chi connectivity index (χ3v) is 9.75. The van der Waals surface area contributed by atoms with Crippen LogP contribution in [-0.4, -0.2) is 90.3 Å². The normalized spacial score (nSPS) is 34.0. The predicted octanol–water partition coefficient (Wildman–Crippen LogP) is 2.81. The standard InChI is InChI=1S/C28H41N3O3/c1-34-23-8-7-22-17-25-28(33)10-16-30(14-4-13-29-11-2-3-12-29)26(32)19-27(28,24(22)18-23)9-15-31(25)20-21-5-6-21/h7-8,18,21,25,33H,2-6,9-17,19-20H2,1H3/t25-,27-,28-/m1/s1. The Balaban J connectivity index is 1.30. The Hall–Kier alpha value is -1.63. The monoisotopic (exact) mass is 467 g/mol. The SMILES string of the molecule is COc1ccc2c(c1)[C@]13CCN(CC4CC4)[C@H](C2)[C@]1(O)CCN(CCCN1CCCC1)C(=O)C3. The molecule has 1 amide bonds. The van der Waals surface area contributed by atoms with Crippen molar-refractivity contribution in [2.24, 2.45) is 5.92 Å². The zero-order valence-electron chi connectivity index (χ0n) is 20.8. The lowest BCUT2D eigenvalue weighted by Crippen LogP contribution is -2.71. The second-order valence-corrected chi connectivity index (χ2v) is 11.6. The predicted molar refractivity (Wildman–Crippen MR) is 132 cm³/mol. The lowest BCUT2D eigenvalue weighted by molar-refractivity contribution is -0.153. The van der Waals surface area contributed by atoms with Crippen molar-refractivity contribution >= 4 is 5.91 Å². The van der Waals surface area contributed by atoms with Gasteiger partial charge in [-0.25, -0.2) is 0 Å². The average molecular weight is 468 g/mol.